The van der Waals surface area contributed by atoms with Crippen molar-refractivity contribution in [2.24, 2.45) is 0 Å². The van der Waals surface area contributed by atoms with Gasteiger partial charge in [-0.2, -0.15) is 0 Å². The second-order valence-corrected chi connectivity index (χ2v) is 2.94. The van der Waals surface area contributed by atoms with Crippen molar-refractivity contribution in [1.29, 1.82) is 0 Å². The minimum atomic E-state index is -0.723. The molecule has 1 rings (SSSR count). The van der Waals surface area contributed by atoms with E-state index in [0.717, 1.165) is 0 Å². The number of terminal acetylenes is 1. The molecular formula is C12H11NO4. The van der Waals surface area contributed by atoms with Gasteiger partial charge in [0.1, 0.15) is 0 Å². The number of para-hydroxylation sites is 1. The first-order valence-electron chi connectivity index (χ1n) is 4.73. The van der Waals surface area contributed by atoms with Crippen LogP contribution in [-0.2, 0) is 9.47 Å². The number of anilines is 1. The molecule has 0 fully saturated rings. The summed E-state index contributed by atoms with van der Waals surface area (Å²) in [6.07, 6.45) is 4.22. The van der Waals surface area contributed by atoms with E-state index in [2.05, 4.69) is 20.7 Å². The van der Waals surface area contributed by atoms with Gasteiger partial charge >= 0.3 is 12.1 Å². The Balaban J connectivity index is 2.81. The van der Waals surface area contributed by atoms with Crippen LogP contribution in [0.4, 0.5) is 10.5 Å². The zero-order valence-corrected chi connectivity index (χ0v) is 9.23. The van der Waals surface area contributed by atoms with E-state index in [4.69, 9.17) is 6.42 Å². The zero-order valence-electron chi connectivity index (χ0n) is 9.23. The van der Waals surface area contributed by atoms with Crippen molar-refractivity contribution in [3.8, 4) is 12.3 Å². The van der Waals surface area contributed by atoms with Crippen LogP contribution in [0.1, 0.15) is 10.4 Å². The van der Waals surface area contributed by atoms with Gasteiger partial charge in [-0.05, 0) is 12.1 Å². The number of nitrogens with one attached hydrogen (secondary N) is 1. The van der Waals surface area contributed by atoms with Crippen LogP contribution in [0.5, 0.6) is 0 Å². The topological polar surface area (TPSA) is 64.6 Å². The highest BCUT2D eigenvalue weighted by molar-refractivity contribution is 5.99. The van der Waals surface area contributed by atoms with Crippen LogP contribution in [0, 0.1) is 12.3 Å². The van der Waals surface area contributed by atoms with Gasteiger partial charge in [-0.3, -0.25) is 5.32 Å². The first kappa shape index (κ1) is 12.6. The Bertz CT molecular complexity index is 462. The molecule has 1 N–H and O–H groups in total. The predicted octanol–water partition coefficient (Wildman–Crippen LogP) is 1.65. The van der Waals surface area contributed by atoms with Gasteiger partial charge < -0.3 is 9.47 Å². The maximum absolute atomic E-state index is 11.4. The number of esters is 1. The summed E-state index contributed by atoms with van der Waals surface area (Å²) in [5.41, 5.74) is 0.550. The summed E-state index contributed by atoms with van der Waals surface area (Å²) in [5, 5.41) is 2.40. The van der Waals surface area contributed by atoms with Crippen LogP contribution in [-0.4, -0.2) is 25.8 Å². The summed E-state index contributed by atoms with van der Waals surface area (Å²) in [4.78, 5) is 22.6. The van der Waals surface area contributed by atoms with Gasteiger partial charge in [0.25, 0.3) is 0 Å². The molecule has 1 aromatic carbocycles. The molecule has 17 heavy (non-hydrogen) atoms. The molecule has 0 atom stereocenters. The van der Waals surface area contributed by atoms with Crippen LogP contribution in [0.25, 0.3) is 0 Å². The Morgan fingerprint density at radius 1 is 1.41 bits per heavy atom. The molecule has 88 valence electrons. The van der Waals surface area contributed by atoms with E-state index >= 15 is 0 Å². The Kier molecular flexibility index (Phi) is 4.58. The van der Waals surface area contributed by atoms with Crippen molar-refractivity contribution in [2.45, 2.75) is 0 Å². The molecule has 0 bridgehead atoms. The second kappa shape index (κ2) is 6.18. The Labute approximate surface area is 98.7 Å². The zero-order chi connectivity index (χ0) is 12.7. The fourth-order valence-electron chi connectivity index (χ4n) is 1.13. The molecule has 0 aliphatic heterocycles. The van der Waals surface area contributed by atoms with Gasteiger partial charge in [0.15, 0.2) is 6.61 Å². The highest BCUT2D eigenvalue weighted by Gasteiger charge is 2.13. The lowest BCUT2D eigenvalue weighted by Crippen LogP contribution is -2.16. The number of ether oxygens (including phenoxy) is 2. The van der Waals surface area contributed by atoms with Gasteiger partial charge in [0.2, 0.25) is 0 Å². The van der Waals surface area contributed by atoms with Crippen molar-refractivity contribution in [1.82, 2.24) is 0 Å². The van der Waals surface area contributed by atoms with Crippen molar-refractivity contribution in [3.63, 3.8) is 0 Å². The SMILES string of the molecule is C#CCOC(=O)Nc1ccccc1C(=O)OC. The van der Waals surface area contributed by atoms with Gasteiger partial charge in [0.05, 0.1) is 18.4 Å². The van der Waals surface area contributed by atoms with Crippen LogP contribution >= 0.6 is 0 Å². The van der Waals surface area contributed by atoms with Crippen LogP contribution < -0.4 is 5.32 Å². The summed E-state index contributed by atoms with van der Waals surface area (Å²) in [6.45, 7) is -0.133. The third-order valence-electron chi connectivity index (χ3n) is 1.86. The minimum Gasteiger partial charge on any atom is -0.465 e. The number of hydrogen-bond donors (Lipinski definition) is 1. The molecule has 1 aromatic rings. The molecule has 0 radical (unpaired) electrons. The van der Waals surface area contributed by atoms with Gasteiger partial charge in [-0.15, -0.1) is 6.42 Å². The molecule has 0 unspecified atom stereocenters. The Hall–Kier alpha value is -2.48. The predicted molar refractivity (Wildman–Crippen MR) is 61.6 cm³/mol. The number of amides is 1. The van der Waals surface area contributed by atoms with Crippen molar-refractivity contribution >= 4 is 17.7 Å². The fraction of sp³-hybridized carbons (Fsp3) is 0.167. The number of carbonyl (C=O) groups excluding carboxylic acids is 2. The lowest BCUT2D eigenvalue weighted by molar-refractivity contribution is 0.0602. The number of benzene rings is 1. The average Bonchev–Trinajstić information content (AvgIpc) is 2.36. The van der Waals surface area contributed by atoms with Gasteiger partial charge in [-0.1, -0.05) is 18.1 Å². The molecule has 0 spiro atoms. The molecule has 1 amide bonds. The molecular weight excluding hydrogens is 222 g/mol. The van der Waals surface area contributed by atoms with E-state index < -0.39 is 12.1 Å². The Morgan fingerprint density at radius 2 is 2.12 bits per heavy atom. The standard InChI is InChI=1S/C12H11NO4/c1-3-8-17-12(15)13-10-7-5-4-6-9(10)11(14)16-2/h1,4-7H,8H2,2H3,(H,13,15). The van der Waals surface area contributed by atoms with Crippen LogP contribution in [0.15, 0.2) is 24.3 Å². The number of rotatable bonds is 3. The summed E-state index contributed by atoms with van der Waals surface area (Å²) in [6, 6.07) is 6.42. The quantitative estimate of drug-likeness (QED) is 0.637. The van der Waals surface area contributed by atoms with Gasteiger partial charge in [-0.25, -0.2) is 9.59 Å². The number of methoxy groups -OCH3 is 1. The van der Waals surface area contributed by atoms with Crippen molar-refractivity contribution in [2.75, 3.05) is 19.0 Å². The third-order valence-corrected chi connectivity index (χ3v) is 1.86. The van der Waals surface area contributed by atoms with E-state index in [1.165, 1.54) is 13.2 Å². The van der Waals surface area contributed by atoms with Crippen LogP contribution in [0.3, 0.4) is 0 Å². The second-order valence-electron chi connectivity index (χ2n) is 2.94. The van der Waals surface area contributed by atoms with Crippen LogP contribution in [0.2, 0.25) is 0 Å². The summed E-state index contributed by atoms with van der Waals surface area (Å²) in [7, 11) is 1.26. The van der Waals surface area contributed by atoms with E-state index in [0.29, 0.717) is 5.69 Å². The number of hydrogen-bond acceptors (Lipinski definition) is 4. The van der Waals surface area contributed by atoms with E-state index in [1.807, 2.05) is 0 Å². The first-order valence-corrected chi connectivity index (χ1v) is 4.73. The largest absolute Gasteiger partial charge is 0.465 e. The minimum absolute atomic E-state index is 0.133. The molecule has 0 saturated carbocycles. The molecule has 0 aliphatic rings. The highest BCUT2D eigenvalue weighted by Crippen LogP contribution is 2.16. The molecule has 5 heteroatoms. The maximum atomic E-state index is 11.4. The summed E-state index contributed by atoms with van der Waals surface area (Å²) >= 11 is 0. The molecule has 0 heterocycles. The Morgan fingerprint density at radius 3 is 2.76 bits per heavy atom. The lowest BCUT2D eigenvalue weighted by Gasteiger charge is -2.08. The fourth-order valence-corrected chi connectivity index (χ4v) is 1.13. The van der Waals surface area contributed by atoms with Crippen molar-refractivity contribution < 1.29 is 19.1 Å². The first-order chi connectivity index (χ1) is 8.19. The van der Waals surface area contributed by atoms with E-state index in [-0.39, 0.29) is 12.2 Å². The normalized spacial score (nSPS) is 8.94. The molecule has 5 nitrogen and oxygen atoms in total. The lowest BCUT2D eigenvalue weighted by atomic mass is 10.2. The van der Waals surface area contributed by atoms with E-state index in [9.17, 15) is 9.59 Å². The molecule has 0 saturated heterocycles. The number of carbonyl (C=O) groups is 2. The average molecular weight is 233 g/mol. The summed E-state index contributed by atoms with van der Waals surface area (Å²) < 4.78 is 9.20. The molecule has 0 aromatic heterocycles. The van der Waals surface area contributed by atoms with E-state index in [1.54, 1.807) is 18.2 Å². The van der Waals surface area contributed by atoms with Crippen molar-refractivity contribution in [3.05, 3.63) is 29.8 Å². The highest BCUT2D eigenvalue weighted by atomic mass is 16.5. The summed E-state index contributed by atoms with van der Waals surface area (Å²) in [5.74, 6) is 1.61. The molecule has 0 aliphatic carbocycles. The van der Waals surface area contributed by atoms with Gasteiger partial charge in [0, 0.05) is 0 Å². The smallest absolute Gasteiger partial charge is 0.412 e. The maximum Gasteiger partial charge on any atom is 0.412 e. The third kappa shape index (κ3) is 3.54. The monoisotopic (exact) mass is 233 g/mol.